The highest BCUT2D eigenvalue weighted by Gasteiger charge is 2.32. The summed E-state index contributed by atoms with van der Waals surface area (Å²) in [6.07, 6.45) is -0.886. The van der Waals surface area contributed by atoms with Gasteiger partial charge in [-0.1, -0.05) is 12.1 Å². The van der Waals surface area contributed by atoms with E-state index in [2.05, 4.69) is 5.32 Å². The zero-order chi connectivity index (χ0) is 21.1. The van der Waals surface area contributed by atoms with Crippen LogP contribution in [0.1, 0.15) is 31.1 Å². The highest BCUT2D eigenvalue weighted by atomic mass is 16.5. The lowest BCUT2D eigenvalue weighted by atomic mass is 10.1. The number of hydrogen-bond donors (Lipinski definition) is 2. The van der Waals surface area contributed by atoms with Crippen molar-refractivity contribution in [1.29, 1.82) is 0 Å². The number of nitrogens with one attached hydrogen (secondary N) is 1. The van der Waals surface area contributed by atoms with Crippen molar-refractivity contribution in [2.45, 2.75) is 33.0 Å². The summed E-state index contributed by atoms with van der Waals surface area (Å²) in [5.41, 5.74) is 0.743. The average Bonchev–Trinajstić information content (AvgIpc) is 2.66. The zero-order valence-electron chi connectivity index (χ0n) is 16.3. The summed E-state index contributed by atoms with van der Waals surface area (Å²) in [6, 6.07) is 11.2. The Kier molecular flexibility index (Phi) is 5.72. The van der Waals surface area contributed by atoms with Gasteiger partial charge in [0.25, 0.3) is 5.91 Å². The number of carbonyl (C=O) groups is 3. The van der Waals surface area contributed by atoms with E-state index in [9.17, 15) is 19.5 Å². The smallest absolute Gasteiger partial charge is 0.335 e. The molecule has 0 radical (unpaired) electrons. The van der Waals surface area contributed by atoms with Crippen LogP contribution in [0.15, 0.2) is 42.5 Å². The molecule has 2 aromatic carbocycles. The van der Waals surface area contributed by atoms with Gasteiger partial charge in [-0.25, -0.2) is 4.79 Å². The number of carbonyl (C=O) groups excluding carboxylic acids is 2. The Balaban J connectivity index is 1.84. The van der Waals surface area contributed by atoms with Crippen LogP contribution in [0.25, 0.3) is 0 Å². The van der Waals surface area contributed by atoms with Gasteiger partial charge in [-0.2, -0.15) is 0 Å². The molecule has 1 atom stereocenters. The molecule has 0 bridgehead atoms. The molecule has 152 valence electrons. The molecular formula is C21H22N2O6. The van der Waals surface area contributed by atoms with E-state index in [4.69, 9.17) is 9.47 Å². The molecule has 1 heterocycles. The summed E-state index contributed by atoms with van der Waals surface area (Å²) in [5.74, 6) is -1.08. The van der Waals surface area contributed by atoms with Gasteiger partial charge in [-0.15, -0.1) is 0 Å². The van der Waals surface area contributed by atoms with Crippen molar-refractivity contribution < 1.29 is 29.0 Å². The molecule has 2 N–H and O–H groups in total. The average molecular weight is 398 g/mol. The number of aromatic carboxylic acids is 1. The minimum atomic E-state index is -1.12. The van der Waals surface area contributed by atoms with Gasteiger partial charge < -0.3 is 19.9 Å². The number of rotatable bonds is 6. The van der Waals surface area contributed by atoms with Gasteiger partial charge in [0.2, 0.25) is 5.91 Å². The highest BCUT2D eigenvalue weighted by molar-refractivity contribution is 6.06. The fourth-order valence-corrected chi connectivity index (χ4v) is 2.97. The summed E-state index contributed by atoms with van der Waals surface area (Å²) in [5, 5.41) is 11.9. The lowest BCUT2D eigenvalue weighted by molar-refractivity contribution is -0.127. The lowest BCUT2D eigenvalue weighted by Gasteiger charge is -2.32. The third-order valence-electron chi connectivity index (χ3n) is 4.24. The molecule has 2 aromatic rings. The first-order valence-corrected chi connectivity index (χ1v) is 9.17. The van der Waals surface area contributed by atoms with Crippen molar-refractivity contribution in [3.05, 3.63) is 48.0 Å². The lowest BCUT2D eigenvalue weighted by Crippen LogP contribution is -2.47. The van der Waals surface area contributed by atoms with E-state index in [0.29, 0.717) is 17.2 Å². The highest BCUT2D eigenvalue weighted by Crippen LogP contribution is 2.34. The second-order valence-corrected chi connectivity index (χ2v) is 6.88. The Labute approximate surface area is 168 Å². The van der Waals surface area contributed by atoms with Crippen molar-refractivity contribution >= 4 is 29.2 Å². The van der Waals surface area contributed by atoms with E-state index in [1.54, 1.807) is 31.2 Å². The molecule has 8 nitrogen and oxygen atoms in total. The molecule has 3 rings (SSSR count). The van der Waals surface area contributed by atoms with Gasteiger partial charge in [0.1, 0.15) is 18.0 Å². The molecule has 2 amide bonds. The molecule has 0 aliphatic carbocycles. The topological polar surface area (TPSA) is 105 Å². The fraction of sp³-hybridized carbons (Fsp3) is 0.286. The van der Waals surface area contributed by atoms with E-state index >= 15 is 0 Å². The zero-order valence-corrected chi connectivity index (χ0v) is 16.3. The Hall–Kier alpha value is -3.55. The van der Waals surface area contributed by atoms with Gasteiger partial charge in [0.15, 0.2) is 6.10 Å². The summed E-state index contributed by atoms with van der Waals surface area (Å²) in [4.78, 5) is 37.9. The maximum Gasteiger partial charge on any atom is 0.335 e. The van der Waals surface area contributed by atoms with Crippen molar-refractivity contribution in [3.63, 3.8) is 0 Å². The predicted molar refractivity (Wildman–Crippen MR) is 107 cm³/mol. The molecule has 29 heavy (non-hydrogen) atoms. The van der Waals surface area contributed by atoms with Crippen molar-refractivity contribution in [2.75, 3.05) is 16.8 Å². The number of fused-ring (bicyclic) bond motifs is 1. The number of carboxylic acids is 1. The standard InChI is InChI=1S/C21H22N2O6/c1-12(2)28-17-9-8-14(21(26)27)10-15(17)22-19(24)11-23-16-6-4-5-7-18(16)29-13(3)20(23)25/h4-10,12-13H,11H2,1-3H3,(H,22,24)(H,26,27). The first kappa shape index (κ1) is 20.2. The number of para-hydroxylation sites is 2. The van der Waals surface area contributed by atoms with E-state index in [1.807, 2.05) is 13.8 Å². The summed E-state index contributed by atoms with van der Waals surface area (Å²) in [7, 11) is 0. The first-order chi connectivity index (χ1) is 13.8. The van der Waals surface area contributed by atoms with E-state index < -0.39 is 18.0 Å². The molecule has 1 aliphatic rings. The number of carboxylic acid groups (broad SMARTS) is 1. The van der Waals surface area contributed by atoms with Crippen molar-refractivity contribution in [3.8, 4) is 11.5 Å². The van der Waals surface area contributed by atoms with Gasteiger partial charge in [-0.05, 0) is 51.1 Å². The van der Waals surface area contributed by atoms with Gasteiger partial charge in [0.05, 0.1) is 23.0 Å². The third kappa shape index (κ3) is 4.48. The number of ether oxygens (including phenoxy) is 2. The van der Waals surface area contributed by atoms with Crippen LogP contribution in [0, 0.1) is 0 Å². The number of amides is 2. The number of hydrogen-bond acceptors (Lipinski definition) is 5. The molecule has 0 aromatic heterocycles. The Morgan fingerprint density at radius 3 is 2.66 bits per heavy atom. The van der Waals surface area contributed by atoms with Crippen LogP contribution in [0.2, 0.25) is 0 Å². The monoisotopic (exact) mass is 398 g/mol. The molecule has 0 saturated carbocycles. The number of anilines is 2. The van der Waals surface area contributed by atoms with Crippen LogP contribution in [0.3, 0.4) is 0 Å². The van der Waals surface area contributed by atoms with Crippen LogP contribution < -0.4 is 19.7 Å². The van der Waals surface area contributed by atoms with E-state index in [0.717, 1.165) is 0 Å². The van der Waals surface area contributed by atoms with Crippen molar-refractivity contribution in [1.82, 2.24) is 0 Å². The molecule has 0 saturated heterocycles. The molecular weight excluding hydrogens is 376 g/mol. The second kappa shape index (κ2) is 8.22. The quantitative estimate of drug-likeness (QED) is 0.775. The van der Waals surface area contributed by atoms with Gasteiger partial charge >= 0.3 is 5.97 Å². The molecule has 1 unspecified atom stereocenters. The Morgan fingerprint density at radius 1 is 1.24 bits per heavy atom. The van der Waals surface area contributed by atoms with Crippen LogP contribution in [0.5, 0.6) is 11.5 Å². The third-order valence-corrected chi connectivity index (χ3v) is 4.24. The maximum atomic E-state index is 12.7. The number of nitrogens with zero attached hydrogens (tertiary/aromatic N) is 1. The Morgan fingerprint density at radius 2 is 1.97 bits per heavy atom. The summed E-state index contributed by atoms with van der Waals surface area (Å²) in [6.45, 7) is 5.01. The largest absolute Gasteiger partial charge is 0.489 e. The molecule has 1 aliphatic heterocycles. The molecule has 0 spiro atoms. The van der Waals surface area contributed by atoms with E-state index in [-0.39, 0.29) is 29.8 Å². The second-order valence-electron chi connectivity index (χ2n) is 6.88. The van der Waals surface area contributed by atoms with Crippen LogP contribution in [-0.2, 0) is 9.59 Å². The maximum absolute atomic E-state index is 12.7. The SMILES string of the molecule is CC(C)Oc1ccc(C(=O)O)cc1NC(=O)CN1C(=O)C(C)Oc2ccccc21. The Bertz CT molecular complexity index is 956. The van der Waals surface area contributed by atoms with E-state index in [1.165, 1.54) is 23.1 Å². The molecule has 0 fully saturated rings. The first-order valence-electron chi connectivity index (χ1n) is 9.17. The predicted octanol–water partition coefficient (Wildman–Crippen LogP) is 2.92. The fourth-order valence-electron chi connectivity index (χ4n) is 2.97. The molecule has 8 heteroatoms. The number of benzene rings is 2. The summed E-state index contributed by atoms with van der Waals surface area (Å²) < 4.78 is 11.2. The van der Waals surface area contributed by atoms with Crippen LogP contribution >= 0.6 is 0 Å². The van der Waals surface area contributed by atoms with Gasteiger partial charge in [-0.3, -0.25) is 14.5 Å². The van der Waals surface area contributed by atoms with Crippen molar-refractivity contribution in [2.24, 2.45) is 0 Å². The van der Waals surface area contributed by atoms with Crippen LogP contribution in [-0.4, -0.2) is 41.6 Å². The summed E-state index contributed by atoms with van der Waals surface area (Å²) >= 11 is 0. The van der Waals surface area contributed by atoms with Crippen LogP contribution in [0.4, 0.5) is 11.4 Å². The normalized spacial score (nSPS) is 15.5. The minimum absolute atomic E-state index is 0.0119. The minimum Gasteiger partial charge on any atom is -0.489 e. The van der Waals surface area contributed by atoms with Gasteiger partial charge in [0, 0.05) is 0 Å².